The first-order chi connectivity index (χ1) is 13.7. The lowest BCUT2D eigenvalue weighted by Crippen LogP contribution is -2.33. The van der Waals surface area contributed by atoms with Gasteiger partial charge in [-0.1, -0.05) is 60.7 Å². The normalized spacial score (nSPS) is 15.2. The van der Waals surface area contributed by atoms with E-state index in [-0.39, 0.29) is 17.7 Å². The number of benzene rings is 2. The molecule has 0 fully saturated rings. The molecule has 4 aromatic rings. The van der Waals surface area contributed by atoms with Gasteiger partial charge in [0.1, 0.15) is 6.33 Å². The Bertz CT molecular complexity index is 1140. The first kappa shape index (κ1) is 16.4. The maximum absolute atomic E-state index is 12.1. The lowest BCUT2D eigenvalue weighted by atomic mass is 9.84. The second-order valence-corrected chi connectivity index (χ2v) is 6.78. The molecule has 3 heterocycles. The topological polar surface area (TPSA) is 85.8 Å². The number of fused-ring (bicyclic) bond motifs is 3. The molecule has 7 nitrogen and oxygen atoms in total. The van der Waals surface area contributed by atoms with Crippen molar-refractivity contribution in [2.45, 2.75) is 18.5 Å². The maximum atomic E-state index is 12.1. The zero-order chi connectivity index (χ0) is 19.1. The van der Waals surface area contributed by atoms with E-state index in [1.165, 1.54) is 6.33 Å². The van der Waals surface area contributed by atoms with E-state index in [2.05, 4.69) is 39.4 Å². The summed E-state index contributed by atoms with van der Waals surface area (Å²) in [6.45, 7) is 0.520. The molecule has 1 atom stereocenters. The first-order valence-corrected chi connectivity index (χ1v) is 9.03. The molecule has 0 bridgehead atoms. The molecule has 7 heteroatoms. The molecule has 1 aliphatic heterocycles. The molecule has 0 aliphatic carbocycles. The molecule has 2 aromatic heterocycles. The van der Waals surface area contributed by atoms with Gasteiger partial charge < -0.3 is 5.11 Å². The Labute approximate surface area is 160 Å². The van der Waals surface area contributed by atoms with Crippen LogP contribution in [0.25, 0.3) is 11.5 Å². The molecule has 0 amide bonds. The molecular formula is C21H17N5O2. The SMILES string of the molecule is O=c1cnn2c(c1O)-c1ncnn1CC2C(c1ccccc1)c1ccccc1. The van der Waals surface area contributed by atoms with Crippen molar-refractivity contribution in [2.75, 3.05) is 0 Å². The van der Waals surface area contributed by atoms with E-state index in [0.29, 0.717) is 18.1 Å². The summed E-state index contributed by atoms with van der Waals surface area (Å²) in [6.07, 6.45) is 2.59. The number of hydrogen-bond donors (Lipinski definition) is 1. The van der Waals surface area contributed by atoms with Gasteiger partial charge in [0.2, 0.25) is 5.43 Å². The summed E-state index contributed by atoms with van der Waals surface area (Å²) in [5, 5.41) is 19.2. The van der Waals surface area contributed by atoms with Crippen LogP contribution in [-0.2, 0) is 6.54 Å². The fourth-order valence-corrected chi connectivity index (χ4v) is 3.96. The first-order valence-electron chi connectivity index (χ1n) is 9.03. The van der Waals surface area contributed by atoms with Gasteiger partial charge in [-0.05, 0) is 11.1 Å². The van der Waals surface area contributed by atoms with Crippen LogP contribution < -0.4 is 5.43 Å². The molecule has 0 saturated carbocycles. The van der Waals surface area contributed by atoms with Gasteiger partial charge in [0.25, 0.3) is 0 Å². The number of aromatic hydroxyl groups is 1. The van der Waals surface area contributed by atoms with Crippen molar-refractivity contribution < 1.29 is 5.11 Å². The summed E-state index contributed by atoms with van der Waals surface area (Å²) in [7, 11) is 0. The fourth-order valence-electron chi connectivity index (χ4n) is 3.96. The smallest absolute Gasteiger partial charge is 0.242 e. The molecule has 0 spiro atoms. The van der Waals surface area contributed by atoms with Crippen LogP contribution in [0.15, 0.2) is 78.0 Å². The van der Waals surface area contributed by atoms with Gasteiger partial charge >= 0.3 is 0 Å². The minimum atomic E-state index is -0.530. The third kappa shape index (κ3) is 2.51. The maximum Gasteiger partial charge on any atom is 0.242 e. The fraction of sp³-hybridized carbons (Fsp3) is 0.143. The minimum absolute atomic E-state index is 0.0482. The van der Waals surface area contributed by atoms with E-state index in [9.17, 15) is 9.90 Å². The van der Waals surface area contributed by atoms with Gasteiger partial charge in [-0.15, -0.1) is 0 Å². The molecule has 5 rings (SSSR count). The highest BCUT2D eigenvalue weighted by Gasteiger charge is 2.36. The van der Waals surface area contributed by atoms with Gasteiger partial charge in [-0.2, -0.15) is 10.2 Å². The third-order valence-corrected chi connectivity index (χ3v) is 5.19. The van der Waals surface area contributed by atoms with E-state index in [0.717, 1.165) is 17.3 Å². The average Bonchev–Trinajstić information content (AvgIpc) is 3.21. The molecule has 0 saturated heterocycles. The van der Waals surface area contributed by atoms with Crippen molar-refractivity contribution in [1.82, 2.24) is 24.5 Å². The molecule has 1 aliphatic rings. The molecule has 2 aromatic carbocycles. The van der Waals surface area contributed by atoms with Crippen LogP contribution in [0.5, 0.6) is 5.75 Å². The third-order valence-electron chi connectivity index (χ3n) is 5.19. The summed E-state index contributed by atoms with van der Waals surface area (Å²) >= 11 is 0. The zero-order valence-corrected chi connectivity index (χ0v) is 14.9. The zero-order valence-electron chi connectivity index (χ0n) is 14.9. The van der Waals surface area contributed by atoms with Crippen LogP contribution >= 0.6 is 0 Å². The number of hydrogen-bond acceptors (Lipinski definition) is 5. The Hall–Kier alpha value is -3.74. The summed E-state index contributed by atoms with van der Waals surface area (Å²) in [5.41, 5.74) is 2.01. The van der Waals surface area contributed by atoms with Gasteiger partial charge in [0, 0.05) is 5.92 Å². The van der Waals surface area contributed by atoms with Crippen LogP contribution in [0.4, 0.5) is 0 Å². The highest BCUT2D eigenvalue weighted by molar-refractivity contribution is 5.59. The van der Waals surface area contributed by atoms with Crippen molar-refractivity contribution >= 4 is 0 Å². The van der Waals surface area contributed by atoms with E-state index < -0.39 is 5.43 Å². The van der Waals surface area contributed by atoms with E-state index in [1.54, 1.807) is 9.36 Å². The molecule has 138 valence electrons. The van der Waals surface area contributed by atoms with Gasteiger partial charge in [0.15, 0.2) is 17.3 Å². The van der Waals surface area contributed by atoms with E-state index in [1.807, 2.05) is 36.4 Å². The number of nitrogens with zero attached hydrogens (tertiary/aromatic N) is 5. The summed E-state index contributed by atoms with van der Waals surface area (Å²) in [5.74, 6) is 0.0422. The molecular weight excluding hydrogens is 354 g/mol. The Morgan fingerprint density at radius 3 is 2.25 bits per heavy atom. The minimum Gasteiger partial charge on any atom is -0.503 e. The second-order valence-electron chi connectivity index (χ2n) is 6.78. The van der Waals surface area contributed by atoms with Crippen molar-refractivity contribution in [3.05, 3.63) is 94.5 Å². The lowest BCUT2D eigenvalue weighted by Gasteiger charge is -2.34. The Morgan fingerprint density at radius 1 is 0.964 bits per heavy atom. The second kappa shape index (κ2) is 6.45. The largest absolute Gasteiger partial charge is 0.503 e. The summed E-state index contributed by atoms with van der Waals surface area (Å²) in [6, 6.07) is 20.1. The van der Waals surface area contributed by atoms with Crippen LogP contribution in [-0.4, -0.2) is 29.7 Å². The van der Waals surface area contributed by atoms with Crippen molar-refractivity contribution in [2.24, 2.45) is 0 Å². The van der Waals surface area contributed by atoms with Gasteiger partial charge in [-0.25, -0.2) is 9.67 Å². The van der Waals surface area contributed by atoms with Crippen LogP contribution in [0.2, 0.25) is 0 Å². The van der Waals surface area contributed by atoms with Crippen molar-refractivity contribution in [3.8, 4) is 17.3 Å². The Kier molecular flexibility index (Phi) is 3.79. The van der Waals surface area contributed by atoms with Crippen LogP contribution in [0.1, 0.15) is 23.1 Å². The number of aromatic nitrogens is 5. The van der Waals surface area contributed by atoms with Crippen LogP contribution in [0.3, 0.4) is 0 Å². The standard InChI is InChI=1S/C21H17N5O2/c27-17-11-23-26-16(12-25-21(22-13-24-25)19(26)20(17)28)18(14-7-3-1-4-8-14)15-9-5-2-6-10-15/h1-11,13,16,18,28H,12H2. The molecule has 1 unspecified atom stereocenters. The molecule has 0 radical (unpaired) electrons. The quantitative estimate of drug-likeness (QED) is 0.598. The number of rotatable bonds is 3. The monoisotopic (exact) mass is 371 g/mol. The highest BCUT2D eigenvalue weighted by atomic mass is 16.3. The highest BCUT2D eigenvalue weighted by Crippen LogP contribution is 2.41. The van der Waals surface area contributed by atoms with Crippen LogP contribution in [0, 0.1) is 0 Å². The predicted octanol–water partition coefficient (Wildman–Crippen LogP) is 2.59. The van der Waals surface area contributed by atoms with Crippen molar-refractivity contribution in [3.63, 3.8) is 0 Å². The van der Waals surface area contributed by atoms with E-state index in [4.69, 9.17) is 0 Å². The molecule has 1 N–H and O–H groups in total. The summed E-state index contributed by atoms with van der Waals surface area (Å²) in [4.78, 5) is 16.3. The Morgan fingerprint density at radius 2 is 1.61 bits per heavy atom. The summed E-state index contributed by atoms with van der Waals surface area (Å²) < 4.78 is 3.44. The predicted molar refractivity (Wildman–Crippen MR) is 103 cm³/mol. The van der Waals surface area contributed by atoms with Crippen molar-refractivity contribution in [1.29, 1.82) is 0 Å². The van der Waals surface area contributed by atoms with E-state index >= 15 is 0 Å². The van der Waals surface area contributed by atoms with Gasteiger partial charge in [-0.3, -0.25) is 9.48 Å². The Balaban J connectivity index is 1.76. The van der Waals surface area contributed by atoms with Gasteiger partial charge in [0.05, 0.1) is 18.8 Å². The lowest BCUT2D eigenvalue weighted by molar-refractivity contribution is 0.317. The average molecular weight is 371 g/mol. The molecule has 28 heavy (non-hydrogen) atoms.